The zero-order valence-corrected chi connectivity index (χ0v) is 21.3. The van der Waals surface area contributed by atoms with Crippen LogP contribution in [0, 0.1) is 5.82 Å². The number of anilines is 1. The Morgan fingerprint density at radius 2 is 2.12 bits per heavy atom. The molecule has 1 N–H and O–H groups in total. The van der Waals surface area contributed by atoms with Gasteiger partial charge in [-0.2, -0.15) is 0 Å². The molecule has 176 valence electrons. The van der Waals surface area contributed by atoms with Gasteiger partial charge in [-0.15, -0.1) is 24.0 Å². The molecule has 1 aliphatic rings. The SMILES string of the molecule is CCNC(=NCc1ccnc(N2CCOC(C)C2)c1)N(C)CCOc1ccc(F)cc1.I. The molecule has 3 rings (SSSR count). The number of hydrogen-bond donors (Lipinski definition) is 1. The van der Waals surface area contributed by atoms with Gasteiger partial charge in [-0.3, -0.25) is 0 Å². The van der Waals surface area contributed by atoms with Crippen LogP contribution in [0.5, 0.6) is 5.75 Å². The van der Waals surface area contributed by atoms with E-state index in [-0.39, 0.29) is 35.9 Å². The van der Waals surface area contributed by atoms with E-state index in [9.17, 15) is 4.39 Å². The number of nitrogens with one attached hydrogen (secondary N) is 1. The number of likely N-dealkylation sites (N-methyl/N-ethyl adjacent to an activating group) is 1. The Hall–Kier alpha value is -2.14. The van der Waals surface area contributed by atoms with Crippen LogP contribution in [-0.4, -0.2) is 68.4 Å². The molecule has 2 heterocycles. The molecule has 0 aliphatic carbocycles. The second-order valence-corrected chi connectivity index (χ2v) is 7.54. The number of benzene rings is 1. The van der Waals surface area contributed by atoms with Gasteiger partial charge in [0, 0.05) is 32.9 Å². The maximum atomic E-state index is 13.0. The van der Waals surface area contributed by atoms with E-state index in [4.69, 9.17) is 14.5 Å². The van der Waals surface area contributed by atoms with Crippen molar-refractivity contribution < 1.29 is 13.9 Å². The molecule has 0 bridgehead atoms. The number of halogens is 2. The first-order valence-electron chi connectivity index (χ1n) is 10.7. The summed E-state index contributed by atoms with van der Waals surface area (Å²) in [5.74, 6) is 2.16. The van der Waals surface area contributed by atoms with Crippen molar-refractivity contribution in [1.29, 1.82) is 0 Å². The standard InChI is InChI=1S/C23H32FN5O2.HI/c1-4-25-23(28(3)11-13-31-21-7-5-20(24)6-8-21)27-16-19-9-10-26-22(15-19)29-12-14-30-18(2)17-29;/h5-10,15,18H,4,11-14,16-17H2,1-3H3,(H,25,27);1H. The number of hydrogen-bond acceptors (Lipinski definition) is 5. The van der Waals surface area contributed by atoms with Gasteiger partial charge in [0.2, 0.25) is 0 Å². The van der Waals surface area contributed by atoms with Crippen molar-refractivity contribution in [2.24, 2.45) is 4.99 Å². The molecule has 1 atom stereocenters. The van der Waals surface area contributed by atoms with E-state index in [1.165, 1.54) is 12.1 Å². The molecule has 0 saturated carbocycles. The second kappa shape index (κ2) is 13.4. The number of pyridine rings is 1. The van der Waals surface area contributed by atoms with E-state index in [2.05, 4.69) is 28.2 Å². The predicted octanol–water partition coefficient (Wildman–Crippen LogP) is 3.54. The average molecular weight is 557 g/mol. The van der Waals surface area contributed by atoms with Crippen LogP contribution in [0.2, 0.25) is 0 Å². The summed E-state index contributed by atoms with van der Waals surface area (Å²) in [5.41, 5.74) is 1.11. The van der Waals surface area contributed by atoms with E-state index in [0.717, 1.165) is 43.6 Å². The van der Waals surface area contributed by atoms with E-state index in [1.807, 2.05) is 31.1 Å². The summed E-state index contributed by atoms with van der Waals surface area (Å²) in [4.78, 5) is 13.6. The molecule has 1 fully saturated rings. The number of guanidine groups is 1. The van der Waals surface area contributed by atoms with Crippen LogP contribution in [-0.2, 0) is 11.3 Å². The molecular formula is C23H33FIN5O2. The largest absolute Gasteiger partial charge is 0.492 e. The molecule has 0 radical (unpaired) electrons. The van der Waals surface area contributed by atoms with Gasteiger partial charge in [0.05, 0.1) is 25.8 Å². The van der Waals surface area contributed by atoms with Crippen LogP contribution in [0.4, 0.5) is 10.2 Å². The Morgan fingerprint density at radius 3 is 2.84 bits per heavy atom. The van der Waals surface area contributed by atoms with Crippen molar-refractivity contribution in [1.82, 2.24) is 15.2 Å². The Balaban J connectivity index is 0.00000363. The van der Waals surface area contributed by atoms with Crippen LogP contribution in [0.3, 0.4) is 0 Å². The normalized spacial score (nSPS) is 16.3. The lowest BCUT2D eigenvalue weighted by Crippen LogP contribution is -2.41. The van der Waals surface area contributed by atoms with Crippen molar-refractivity contribution in [3.63, 3.8) is 0 Å². The lowest BCUT2D eigenvalue weighted by atomic mass is 10.2. The third kappa shape index (κ3) is 8.09. The summed E-state index contributed by atoms with van der Waals surface area (Å²) in [6.07, 6.45) is 2.05. The Morgan fingerprint density at radius 1 is 1.34 bits per heavy atom. The summed E-state index contributed by atoms with van der Waals surface area (Å²) in [5, 5.41) is 3.32. The molecule has 0 amide bonds. The van der Waals surface area contributed by atoms with Crippen molar-refractivity contribution in [2.45, 2.75) is 26.5 Å². The molecule has 1 aromatic carbocycles. The Kier molecular flexibility index (Phi) is 10.9. The molecule has 32 heavy (non-hydrogen) atoms. The zero-order chi connectivity index (χ0) is 22.1. The minimum absolute atomic E-state index is 0. The topological polar surface area (TPSA) is 62.2 Å². The van der Waals surface area contributed by atoms with Crippen LogP contribution in [0.25, 0.3) is 0 Å². The molecule has 7 nitrogen and oxygen atoms in total. The van der Waals surface area contributed by atoms with Crippen molar-refractivity contribution in [3.05, 3.63) is 54.0 Å². The molecule has 1 aromatic heterocycles. The fraction of sp³-hybridized carbons (Fsp3) is 0.478. The first-order chi connectivity index (χ1) is 15.0. The van der Waals surface area contributed by atoms with Crippen LogP contribution >= 0.6 is 24.0 Å². The van der Waals surface area contributed by atoms with E-state index in [0.29, 0.717) is 25.4 Å². The summed E-state index contributed by atoms with van der Waals surface area (Å²) < 4.78 is 24.3. The number of morpholine rings is 1. The Labute approximate surface area is 207 Å². The monoisotopic (exact) mass is 557 g/mol. The van der Waals surface area contributed by atoms with Gasteiger partial charge in [-0.25, -0.2) is 14.4 Å². The summed E-state index contributed by atoms with van der Waals surface area (Å²) >= 11 is 0. The number of ether oxygens (including phenoxy) is 2. The minimum atomic E-state index is -0.270. The fourth-order valence-electron chi connectivity index (χ4n) is 3.33. The first kappa shape index (κ1) is 26.1. The second-order valence-electron chi connectivity index (χ2n) is 7.54. The summed E-state index contributed by atoms with van der Waals surface area (Å²) in [6, 6.07) is 10.1. The zero-order valence-electron chi connectivity index (χ0n) is 19.0. The highest BCUT2D eigenvalue weighted by Gasteiger charge is 2.18. The third-order valence-electron chi connectivity index (χ3n) is 4.99. The van der Waals surface area contributed by atoms with Gasteiger partial charge >= 0.3 is 0 Å². The van der Waals surface area contributed by atoms with Crippen molar-refractivity contribution >= 4 is 35.8 Å². The molecular weight excluding hydrogens is 524 g/mol. The molecule has 1 unspecified atom stereocenters. The van der Waals surface area contributed by atoms with Crippen molar-refractivity contribution in [3.8, 4) is 5.75 Å². The lowest BCUT2D eigenvalue weighted by molar-refractivity contribution is 0.0529. The lowest BCUT2D eigenvalue weighted by Gasteiger charge is -2.32. The molecule has 9 heteroatoms. The number of aromatic nitrogens is 1. The fourth-order valence-corrected chi connectivity index (χ4v) is 3.33. The number of aliphatic imine (C=N–C) groups is 1. The highest BCUT2D eigenvalue weighted by molar-refractivity contribution is 14.0. The third-order valence-corrected chi connectivity index (χ3v) is 4.99. The van der Waals surface area contributed by atoms with E-state index >= 15 is 0 Å². The quantitative estimate of drug-likeness (QED) is 0.305. The average Bonchev–Trinajstić information content (AvgIpc) is 2.78. The molecule has 1 aliphatic heterocycles. The van der Waals surface area contributed by atoms with Crippen LogP contribution < -0.4 is 15.0 Å². The summed E-state index contributed by atoms with van der Waals surface area (Å²) in [6.45, 7) is 9.00. The smallest absolute Gasteiger partial charge is 0.194 e. The van der Waals surface area contributed by atoms with Gasteiger partial charge in [0.15, 0.2) is 5.96 Å². The first-order valence-corrected chi connectivity index (χ1v) is 10.7. The maximum absolute atomic E-state index is 13.0. The maximum Gasteiger partial charge on any atom is 0.194 e. The van der Waals surface area contributed by atoms with Crippen molar-refractivity contribution in [2.75, 3.05) is 51.3 Å². The van der Waals surface area contributed by atoms with Gasteiger partial charge in [0.1, 0.15) is 24.0 Å². The van der Waals surface area contributed by atoms with Gasteiger partial charge in [-0.05, 0) is 55.8 Å². The molecule has 0 spiro atoms. The predicted molar refractivity (Wildman–Crippen MR) is 137 cm³/mol. The van der Waals surface area contributed by atoms with Crippen LogP contribution in [0.15, 0.2) is 47.6 Å². The van der Waals surface area contributed by atoms with E-state index in [1.54, 1.807) is 12.1 Å². The van der Waals surface area contributed by atoms with Crippen LogP contribution in [0.1, 0.15) is 19.4 Å². The summed E-state index contributed by atoms with van der Waals surface area (Å²) in [7, 11) is 1.97. The van der Waals surface area contributed by atoms with Gasteiger partial charge in [0.25, 0.3) is 0 Å². The minimum Gasteiger partial charge on any atom is -0.492 e. The van der Waals surface area contributed by atoms with Gasteiger partial charge < -0.3 is 24.6 Å². The highest BCUT2D eigenvalue weighted by Crippen LogP contribution is 2.17. The van der Waals surface area contributed by atoms with E-state index < -0.39 is 0 Å². The molecule has 1 saturated heterocycles. The number of rotatable bonds is 8. The van der Waals surface area contributed by atoms with Gasteiger partial charge in [-0.1, -0.05) is 0 Å². The highest BCUT2D eigenvalue weighted by atomic mass is 127. The Bertz CT molecular complexity index is 853. The number of nitrogens with zero attached hydrogens (tertiary/aromatic N) is 4. The molecule has 2 aromatic rings.